The maximum absolute atomic E-state index is 12.2. The van der Waals surface area contributed by atoms with Crippen LogP contribution in [0.1, 0.15) is 6.23 Å². The molecule has 0 spiro atoms. The maximum atomic E-state index is 12.2. The van der Waals surface area contributed by atoms with Gasteiger partial charge in [0.1, 0.15) is 18.3 Å². The summed E-state index contributed by atoms with van der Waals surface area (Å²) in [6.45, 7) is -1.17. The minimum absolute atomic E-state index is 0.0449. The SMILES string of the molecule is O=c1[nH]c(=O)n(C2OC(COP(=O)([O-])OP(=O)([O-])OP(=O)([O-])[O-])C(O)C2O)c2cscc12. The van der Waals surface area contributed by atoms with E-state index in [0.717, 1.165) is 15.9 Å². The van der Waals surface area contributed by atoms with Crippen LogP contribution >= 0.6 is 34.8 Å². The average Bonchev–Trinajstić information content (AvgIpc) is 3.18. The molecule has 1 fully saturated rings. The topological polar surface area (TPSA) is 276 Å². The Labute approximate surface area is 179 Å². The summed E-state index contributed by atoms with van der Waals surface area (Å²) in [5, 5.41) is 23.2. The van der Waals surface area contributed by atoms with Crippen molar-refractivity contribution in [3.8, 4) is 0 Å². The molecule has 1 aliphatic heterocycles. The lowest BCUT2D eigenvalue weighted by Crippen LogP contribution is -2.38. The van der Waals surface area contributed by atoms with Crippen LogP contribution in [0.3, 0.4) is 0 Å². The van der Waals surface area contributed by atoms with Gasteiger partial charge in [0.25, 0.3) is 21.2 Å². The van der Waals surface area contributed by atoms with Gasteiger partial charge in [0, 0.05) is 10.8 Å². The van der Waals surface area contributed by atoms with Crippen LogP contribution in [-0.4, -0.2) is 44.7 Å². The number of ether oxygens (including phenoxy) is 1. The van der Waals surface area contributed by atoms with Crippen molar-refractivity contribution in [2.75, 3.05) is 6.61 Å². The van der Waals surface area contributed by atoms with E-state index >= 15 is 0 Å². The van der Waals surface area contributed by atoms with E-state index in [4.69, 9.17) is 4.74 Å². The molecular weight excluding hydrogens is 525 g/mol. The Hall–Kier alpha value is -1.07. The highest BCUT2D eigenvalue weighted by molar-refractivity contribution is 7.64. The number of phosphoric acid groups is 3. The molecule has 1 aliphatic rings. The van der Waals surface area contributed by atoms with Gasteiger partial charge in [-0.2, -0.15) is 0 Å². The number of aliphatic hydroxyl groups is 2. The number of phosphoric ester groups is 1. The first-order valence-corrected chi connectivity index (χ1v) is 13.4. The van der Waals surface area contributed by atoms with Gasteiger partial charge in [-0.25, -0.2) is 9.11 Å². The molecule has 0 radical (unpaired) electrons. The lowest BCUT2D eigenvalue weighted by molar-refractivity contribution is -0.339. The van der Waals surface area contributed by atoms with E-state index in [1.807, 2.05) is 4.98 Å². The molecule has 2 aromatic rings. The Morgan fingerprint density at radius 3 is 2.34 bits per heavy atom. The minimum Gasteiger partial charge on any atom is -0.790 e. The van der Waals surface area contributed by atoms with Gasteiger partial charge in [-0.05, 0) is 0 Å². The molecule has 1 saturated heterocycles. The van der Waals surface area contributed by atoms with E-state index < -0.39 is 65.9 Å². The first kappa shape index (κ1) is 25.6. The van der Waals surface area contributed by atoms with Crippen LogP contribution < -0.4 is 30.8 Å². The number of hydrogen-bond acceptors (Lipinski definition) is 16. The molecule has 180 valence electrons. The smallest absolute Gasteiger partial charge is 0.331 e. The number of aliphatic hydroxyl groups excluding tert-OH is 2. The highest BCUT2D eigenvalue weighted by Crippen LogP contribution is 2.60. The van der Waals surface area contributed by atoms with E-state index in [-0.39, 0.29) is 10.9 Å². The zero-order valence-electron chi connectivity index (χ0n) is 15.1. The number of nitrogens with one attached hydrogen (secondary N) is 1. The standard InChI is InChI=1S/C11H15N2O15P3S/c14-7-6(1-25-30(21,22)28-31(23,24)27-29(18,19)20)26-10(8(7)15)13-5-3-32-2-4(5)9(16)12-11(13)17/h2-3,6-8,10,14-15H,1H2,(H,21,22)(H,23,24)(H,12,16,17)(H2,18,19,20)/p-4. The van der Waals surface area contributed by atoms with E-state index in [1.54, 1.807) is 0 Å². The number of fused-ring (bicyclic) bond motifs is 1. The molecule has 0 aliphatic carbocycles. The Balaban J connectivity index is 1.76. The number of hydrogen-bond donors (Lipinski definition) is 3. The Morgan fingerprint density at radius 2 is 1.72 bits per heavy atom. The van der Waals surface area contributed by atoms with Gasteiger partial charge in [-0.1, -0.05) is 0 Å². The summed E-state index contributed by atoms with van der Waals surface area (Å²) in [4.78, 5) is 69.4. The zero-order chi connectivity index (χ0) is 24.1. The van der Waals surface area contributed by atoms with Crippen LogP contribution in [0.15, 0.2) is 20.3 Å². The van der Waals surface area contributed by atoms with Gasteiger partial charge >= 0.3 is 5.69 Å². The van der Waals surface area contributed by atoms with Crippen LogP contribution in [0, 0.1) is 0 Å². The highest BCUT2D eigenvalue weighted by atomic mass is 32.1. The van der Waals surface area contributed by atoms with Crippen molar-refractivity contribution in [1.29, 1.82) is 0 Å². The second-order valence-corrected chi connectivity index (χ2v) is 11.1. The van der Waals surface area contributed by atoms with E-state index in [2.05, 4.69) is 13.1 Å². The van der Waals surface area contributed by atoms with Crippen molar-refractivity contribution in [1.82, 2.24) is 9.55 Å². The molecule has 17 nitrogen and oxygen atoms in total. The van der Waals surface area contributed by atoms with Crippen molar-refractivity contribution in [3.05, 3.63) is 31.6 Å². The predicted octanol–water partition coefficient (Wildman–Crippen LogP) is -3.81. The fourth-order valence-electron chi connectivity index (χ4n) is 2.76. The van der Waals surface area contributed by atoms with Crippen molar-refractivity contribution < 1.29 is 61.4 Å². The molecule has 0 aromatic carbocycles. The van der Waals surface area contributed by atoms with Gasteiger partial charge in [0.15, 0.2) is 6.23 Å². The van der Waals surface area contributed by atoms with Crippen LogP contribution in [0.5, 0.6) is 0 Å². The third-order valence-corrected chi connectivity index (χ3v) is 8.37. The van der Waals surface area contributed by atoms with Gasteiger partial charge in [-0.15, -0.1) is 11.3 Å². The van der Waals surface area contributed by atoms with Crippen LogP contribution in [0.4, 0.5) is 0 Å². The quantitative estimate of drug-likeness (QED) is 0.273. The lowest BCUT2D eigenvalue weighted by atomic mass is 10.1. The van der Waals surface area contributed by atoms with E-state index in [0.29, 0.717) is 0 Å². The molecule has 6 atom stereocenters. The molecule has 0 amide bonds. The second kappa shape index (κ2) is 8.94. The average molecular weight is 536 g/mol. The van der Waals surface area contributed by atoms with Gasteiger partial charge in [0.2, 0.25) is 0 Å². The number of thiophene rings is 1. The van der Waals surface area contributed by atoms with Crippen LogP contribution in [-0.2, 0) is 31.6 Å². The normalized spacial score (nSPS) is 27.9. The van der Waals surface area contributed by atoms with Gasteiger partial charge in [-0.3, -0.25) is 27.8 Å². The van der Waals surface area contributed by atoms with Gasteiger partial charge < -0.3 is 43.6 Å². The minimum atomic E-state index is -6.19. The summed E-state index contributed by atoms with van der Waals surface area (Å²) in [6.07, 6.45) is -6.99. The van der Waals surface area contributed by atoms with Gasteiger partial charge in [0.05, 0.1) is 25.3 Å². The van der Waals surface area contributed by atoms with Crippen molar-refractivity contribution in [2.45, 2.75) is 24.5 Å². The molecule has 3 heterocycles. The number of rotatable bonds is 8. The first-order chi connectivity index (χ1) is 14.6. The fraction of sp³-hybridized carbons (Fsp3) is 0.455. The van der Waals surface area contributed by atoms with Crippen LogP contribution in [0.2, 0.25) is 0 Å². The number of nitrogens with zero attached hydrogens (tertiary/aromatic N) is 1. The molecule has 0 saturated carbocycles. The van der Waals surface area contributed by atoms with E-state index in [1.165, 1.54) is 10.8 Å². The third kappa shape index (κ3) is 5.70. The first-order valence-electron chi connectivity index (χ1n) is 8.04. The number of H-pyrrole nitrogens is 1. The molecule has 3 rings (SSSR count). The summed E-state index contributed by atoms with van der Waals surface area (Å²) in [6, 6.07) is 0. The van der Waals surface area contributed by atoms with Crippen molar-refractivity contribution in [3.63, 3.8) is 0 Å². The summed E-state index contributed by atoms with van der Waals surface area (Å²) in [5.74, 6) is 0. The summed E-state index contributed by atoms with van der Waals surface area (Å²) < 4.78 is 49.7. The highest BCUT2D eigenvalue weighted by Gasteiger charge is 2.45. The Bertz CT molecular complexity index is 1260. The summed E-state index contributed by atoms with van der Waals surface area (Å²) >= 11 is 1.04. The third-order valence-electron chi connectivity index (χ3n) is 3.97. The monoisotopic (exact) mass is 536 g/mol. The van der Waals surface area contributed by atoms with E-state index in [9.17, 15) is 53.1 Å². The molecule has 3 N–H and O–H groups in total. The maximum Gasteiger partial charge on any atom is 0.331 e. The number of aromatic nitrogens is 2. The molecule has 0 bridgehead atoms. The lowest BCUT2D eigenvalue weighted by Gasteiger charge is -2.37. The van der Waals surface area contributed by atoms with Crippen molar-refractivity contribution >= 4 is 45.7 Å². The Morgan fingerprint density at radius 1 is 1.06 bits per heavy atom. The summed E-state index contributed by atoms with van der Waals surface area (Å²) in [7, 11) is -18.2. The zero-order valence-corrected chi connectivity index (χ0v) is 18.6. The molecule has 21 heteroatoms. The molecule has 32 heavy (non-hydrogen) atoms. The predicted molar refractivity (Wildman–Crippen MR) is 93.6 cm³/mol. The molecule has 6 unspecified atom stereocenters. The second-order valence-electron chi connectivity index (χ2n) is 6.15. The summed E-state index contributed by atoms with van der Waals surface area (Å²) in [5.41, 5.74) is -1.69. The molecule has 2 aromatic heterocycles. The van der Waals surface area contributed by atoms with Crippen LogP contribution in [0.25, 0.3) is 10.9 Å². The largest absolute Gasteiger partial charge is 0.790 e. The Kier molecular flexibility index (Phi) is 7.14. The fourth-order valence-corrected chi connectivity index (χ4v) is 6.43. The molecular formula is C11H11N2O15P3S-4. The van der Waals surface area contributed by atoms with Crippen molar-refractivity contribution in [2.24, 2.45) is 0 Å². The number of aromatic amines is 1.